The van der Waals surface area contributed by atoms with Crippen molar-refractivity contribution in [1.29, 1.82) is 0 Å². The highest BCUT2D eigenvalue weighted by Gasteiger charge is 2.40. The standard InChI is InChI=1S/C13H19N3O2S/c1-7-10(4)19-11(14-7)6-16-9(3)12(17)15(5)8(2)13(16)18/h8-9H,6H2,1-5H3/t8-,9-/m0/s1. The maximum Gasteiger partial charge on any atom is 0.246 e. The Hall–Kier alpha value is -1.43. The molecule has 104 valence electrons. The lowest BCUT2D eigenvalue weighted by atomic mass is 10.1. The summed E-state index contributed by atoms with van der Waals surface area (Å²) in [5.74, 6) is -0.0304. The number of likely N-dealkylation sites (N-methyl/N-ethyl adjacent to an activating group) is 1. The van der Waals surface area contributed by atoms with Crippen LogP contribution in [0.1, 0.15) is 29.4 Å². The normalized spacial score (nSPS) is 24.3. The molecule has 1 aromatic rings. The van der Waals surface area contributed by atoms with Gasteiger partial charge in [-0.15, -0.1) is 11.3 Å². The molecule has 0 aromatic carbocycles. The predicted octanol–water partition coefficient (Wildman–Crippen LogP) is 1.34. The maximum absolute atomic E-state index is 12.3. The Bertz CT molecular complexity index is 506. The molecule has 5 nitrogen and oxygen atoms in total. The van der Waals surface area contributed by atoms with Crippen LogP contribution in [-0.4, -0.2) is 45.7 Å². The number of rotatable bonds is 2. The number of amides is 2. The van der Waals surface area contributed by atoms with E-state index in [-0.39, 0.29) is 11.8 Å². The Morgan fingerprint density at radius 2 is 1.79 bits per heavy atom. The van der Waals surface area contributed by atoms with Crippen molar-refractivity contribution in [3.05, 3.63) is 15.6 Å². The molecular formula is C13H19N3O2S. The molecule has 6 heteroatoms. The molecule has 2 heterocycles. The molecule has 1 aliphatic rings. The summed E-state index contributed by atoms with van der Waals surface area (Å²) in [5.41, 5.74) is 0.994. The summed E-state index contributed by atoms with van der Waals surface area (Å²) < 4.78 is 0. The molecule has 2 rings (SSSR count). The second kappa shape index (κ2) is 4.92. The maximum atomic E-state index is 12.3. The van der Waals surface area contributed by atoms with Crippen LogP contribution in [0.4, 0.5) is 0 Å². The number of carbonyl (C=O) groups is 2. The monoisotopic (exact) mass is 281 g/mol. The van der Waals surface area contributed by atoms with E-state index >= 15 is 0 Å². The fourth-order valence-corrected chi connectivity index (χ4v) is 3.12. The van der Waals surface area contributed by atoms with Gasteiger partial charge < -0.3 is 9.80 Å². The third kappa shape index (κ3) is 2.36. The highest BCUT2D eigenvalue weighted by molar-refractivity contribution is 7.11. The lowest BCUT2D eigenvalue weighted by Crippen LogP contribution is -2.61. The van der Waals surface area contributed by atoms with E-state index in [0.29, 0.717) is 6.54 Å². The molecule has 19 heavy (non-hydrogen) atoms. The predicted molar refractivity (Wildman–Crippen MR) is 73.8 cm³/mol. The van der Waals surface area contributed by atoms with Crippen molar-refractivity contribution < 1.29 is 9.59 Å². The first kappa shape index (κ1) is 14.0. The molecular weight excluding hydrogens is 262 g/mol. The number of aromatic nitrogens is 1. The summed E-state index contributed by atoms with van der Waals surface area (Å²) in [5, 5.41) is 0.889. The van der Waals surface area contributed by atoms with Crippen LogP contribution < -0.4 is 0 Å². The van der Waals surface area contributed by atoms with Crippen molar-refractivity contribution in [3.63, 3.8) is 0 Å². The van der Waals surface area contributed by atoms with E-state index in [1.54, 1.807) is 37.1 Å². The number of hydrogen-bond acceptors (Lipinski definition) is 4. The lowest BCUT2D eigenvalue weighted by Gasteiger charge is -2.40. The Labute approximate surface area is 117 Å². The molecule has 0 N–H and O–H groups in total. The third-order valence-electron chi connectivity index (χ3n) is 3.77. The van der Waals surface area contributed by atoms with Crippen molar-refractivity contribution in [2.45, 2.75) is 46.3 Å². The smallest absolute Gasteiger partial charge is 0.246 e. The molecule has 2 amide bonds. The second-order valence-electron chi connectivity index (χ2n) is 5.02. The summed E-state index contributed by atoms with van der Waals surface area (Å²) in [6.07, 6.45) is 0. The summed E-state index contributed by atoms with van der Waals surface area (Å²) in [4.78, 5) is 33.1. The number of aryl methyl sites for hydroxylation is 2. The van der Waals surface area contributed by atoms with Gasteiger partial charge in [0.1, 0.15) is 17.1 Å². The third-order valence-corrected chi connectivity index (χ3v) is 4.83. The van der Waals surface area contributed by atoms with Crippen LogP contribution in [0.3, 0.4) is 0 Å². The van der Waals surface area contributed by atoms with Crippen LogP contribution in [0.5, 0.6) is 0 Å². The molecule has 0 aliphatic carbocycles. The largest absolute Gasteiger partial charge is 0.332 e. The average molecular weight is 281 g/mol. The van der Waals surface area contributed by atoms with Crippen LogP contribution in [0.2, 0.25) is 0 Å². The number of nitrogens with zero attached hydrogens (tertiary/aromatic N) is 3. The van der Waals surface area contributed by atoms with E-state index in [0.717, 1.165) is 15.6 Å². The zero-order valence-electron chi connectivity index (χ0n) is 11.9. The van der Waals surface area contributed by atoms with Gasteiger partial charge in [0.25, 0.3) is 0 Å². The molecule has 1 aromatic heterocycles. The summed E-state index contributed by atoms with van der Waals surface area (Å²) in [7, 11) is 1.68. The number of hydrogen-bond donors (Lipinski definition) is 0. The van der Waals surface area contributed by atoms with Gasteiger partial charge in [-0.05, 0) is 27.7 Å². The van der Waals surface area contributed by atoms with Crippen molar-refractivity contribution in [1.82, 2.24) is 14.8 Å². The van der Waals surface area contributed by atoms with Gasteiger partial charge in [-0.2, -0.15) is 0 Å². The molecule has 1 aliphatic heterocycles. The van der Waals surface area contributed by atoms with Crippen molar-refractivity contribution in [2.75, 3.05) is 7.05 Å². The molecule has 1 saturated heterocycles. The SMILES string of the molecule is Cc1nc(CN2C(=O)[C@H](C)N(C)C(=O)[C@@H]2C)sc1C. The van der Waals surface area contributed by atoms with Crippen molar-refractivity contribution in [2.24, 2.45) is 0 Å². The zero-order chi connectivity index (χ0) is 14.3. The molecule has 2 atom stereocenters. The van der Waals surface area contributed by atoms with Gasteiger partial charge >= 0.3 is 0 Å². The van der Waals surface area contributed by atoms with E-state index in [1.807, 2.05) is 13.8 Å². The van der Waals surface area contributed by atoms with E-state index in [1.165, 1.54) is 4.90 Å². The summed E-state index contributed by atoms with van der Waals surface area (Å²) in [6, 6.07) is -0.816. The highest BCUT2D eigenvalue weighted by atomic mass is 32.1. The molecule has 0 spiro atoms. The van der Waals surface area contributed by atoms with Crippen LogP contribution >= 0.6 is 11.3 Å². The summed E-state index contributed by atoms with van der Waals surface area (Å²) in [6.45, 7) is 7.93. The fraction of sp³-hybridized carbons (Fsp3) is 0.615. The highest BCUT2D eigenvalue weighted by Crippen LogP contribution is 2.23. The fourth-order valence-electron chi connectivity index (χ4n) is 2.18. The summed E-state index contributed by atoms with van der Waals surface area (Å²) >= 11 is 1.59. The first-order chi connectivity index (χ1) is 8.82. The van der Waals surface area contributed by atoms with Gasteiger partial charge in [0.15, 0.2) is 0 Å². The number of thiazole rings is 1. The first-order valence-corrected chi connectivity index (χ1v) is 7.14. The minimum absolute atomic E-state index is 0.0138. The number of carbonyl (C=O) groups excluding carboxylic acids is 2. The van der Waals surface area contributed by atoms with Gasteiger partial charge in [-0.25, -0.2) is 4.98 Å². The van der Waals surface area contributed by atoms with Crippen LogP contribution in [0, 0.1) is 13.8 Å². The Balaban J connectivity index is 2.23. The zero-order valence-corrected chi connectivity index (χ0v) is 12.7. The minimum atomic E-state index is -0.418. The molecule has 0 bridgehead atoms. The van der Waals surface area contributed by atoms with Crippen LogP contribution in [0.25, 0.3) is 0 Å². The van der Waals surface area contributed by atoms with Gasteiger partial charge in [0, 0.05) is 11.9 Å². The van der Waals surface area contributed by atoms with Gasteiger partial charge in [0.05, 0.1) is 12.2 Å². The average Bonchev–Trinajstić information content (AvgIpc) is 2.69. The minimum Gasteiger partial charge on any atom is -0.332 e. The first-order valence-electron chi connectivity index (χ1n) is 6.33. The van der Waals surface area contributed by atoms with E-state index in [4.69, 9.17) is 0 Å². The van der Waals surface area contributed by atoms with E-state index in [2.05, 4.69) is 4.98 Å². The Morgan fingerprint density at radius 1 is 1.16 bits per heavy atom. The topological polar surface area (TPSA) is 53.5 Å². The Morgan fingerprint density at radius 3 is 2.32 bits per heavy atom. The molecule has 0 unspecified atom stereocenters. The van der Waals surface area contributed by atoms with E-state index in [9.17, 15) is 9.59 Å². The second-order valence-corrected chi connectivity index (χ2v) is 6.30. The quantitative estimate of drug-likeness (QED) is 0.822. The van der Waals surface area contributed by atoms with Gasteiger partial charge in [-0.1, -0.05) is 0 Å². The Kier molecular flexibility index (Phi) is 3.62. The lowest BCUT2D eigenvalue weighted by molar-refractivity contribution is -0.159. The van der Waals surface area contributed by atoms with Crippen LogP contribution in [0.15, 0.2) is 0 Å². The number of piperazine rings is 1. The molecule has 0 saturated carbocycles. The van der Waals surface area contributed by atoms with Crippen molar-refractivity contribution in [3.8, 4) is 0 Å². The molecule has 1 fully saturated rings. The van der Waals surface area contributed by atoms with Gasteiger partial charge in [-0.3, -0.25) is 9.59 Å². The molecule has 0 radical (unpaired) electrons. The van der Waals surface area contributed by atoms with E-state index < -0.39 is 12.1 Å². The van der Waals surface area contributed by atoms with Crippen molar-refractivity contribution >= 4 is 23.2 Å². The van der Waals surface area contributed by atoms with Gasteiger partial charge in [0.2, 0.25) is 11.8 Å². The van der Waals surface area contributed by atoms with Crippen LogP contribution in [-0.2, 0) is 16.1 Å².